The molecule has 0 fully saturated rings. The highest BCUT2D eigenvalue weighted by atomic mass is 19.1. The molecule has 0 aliphatic heterocycles. The zero-order valence-electron chi connectivity index (χ0n) is 9.22. The third kappa shape index (κ3) is 3.02. The molecule has 0 spiro atoms. The molecule has 0 bridgehead atoms. The lowest BCUT2D eigenvalue weighted by Crippen LogP contribution is -2.04. The number of halogens is 1. The summed E-state index contributed by atoms with van der Waals surface area (Å²) >= 11 is 0. The van der Waals surface area contributed by atoms with Crippen LogP contribution in [0.1, 0.15) is 0 Å². The molecule has 1 N–H and O–H groups in total. The van der Waals surface area contributed by atoms with Gasteiger partial charge in [0.15, 0.2) is 5.57 Å². The summed E-state index contributed by atoms with van der Waals surface area (Å²) in [6.07, 6.45) is 0. The van der Waals surface area contributed by atoms with E-state index in [0.717, 1.165) is 18.2 Å². The van der Waals surface area contributed by atoms with Crippen molar-refractivity contribution in [1.29, 1.82) is 15.8 Å². The van der Waals surface area contributed by atoms with Crippen LogP contribution >= 0.6 is 0 Å². The van der Waals surface area contributed by atoms with Crippen LogP contribution < -0.4 is 5.32 Å². The molecule has 1 rings (SSSR count). The number of rotatable bonds is 3. The third-order valence-corrected chi connectivity index (χ3v) is 2.00. The van der Waals surface area contributed by atoms with E-state index < -0.39 is 27.7 Å². The number of allylic oxidation sites excluding steroid dienone is 2. The van der Waals surface area contributed by atoms with Crippen molar-refractivity contribution in [2.45, 2.75) is 0 Å². The number of benzene rings is 1. The molecule has 0 aliphatic rings. The molecule has 1 aromatic carbocycles. The first-order chi connectivity index (χ1) is 9.03. The molecule has 0 saturated heterocycles. The molecule has 0 aliphatic carbocycles. The quantitative estimate of drug-likeness (QED) is 0.501. The van der Waals surface area contributed by atoms with Crippen LogP contribution in [-0.2, 0) is 0 Å². The van der Waals surface area contributed by atoms with Crippen molar-refractivity contribution in [2.75, 3.05) is 5.32 Å². The number of nitriles is 3. The van der Waals surface area contributed by atoms with Crippen molar-refractivity contribution in [3.05, 3.63) is 45.4 Å². The molecule has 0 saturated carbocycles. The van der Waals surface area contributed by atoms with Gasteiger partial charge in [-0.15, -0.1) is 0 Å². The van der Waals surface area contributed by atoms with E-state index in [-0.39, 0.29) is 5.69 Å². The second-order valence-corrected chi connectivity index (χ2v) is 3.13. The lowest BCUT2D eigenvalue weighted by Gasteiger charge is -2.05. The zero-order valence-corrected chi connectivity index (χ0v) is 9.22. The van der Waals surface area contributed by atoms with Gasteiger partial charge in [-0.25, -0.2) is 4.39 Å². The van der Waals surface area contributed by atoms with Crippen molar-refractivity contribution in [3.8, 4) is 18.2 Å². The maximum absolute atomic E-state index is 13.0. The lowest BCUT2D eigenvalue weighted by molar-refractivity contribution is -0.384. The highest BCUT2D eigenvalue weighted by Crippen LogP contribution is 2.26. The highest BCUT2D eigenvalue weighted by Gasteiger charge is 2.17. The average Bonchev–Trinajstić information content (AvgIpc) is 2.38. The molecular weight excluding hydrogens is 253 g/mol. The molecule has 1 aromatic rings. The van der Waals surface area contributed by atoms with Gasteiger partial charge in [0.05, 0.1) is 4.92 Å². The van der Waals surface area contributed by atoms with Crippen LogP contribution in [0.3, 0.4) is 0 Å². The van der Waals surface area contributed by atoms with Gasteiger partial charge in [0, 0.05) is 12.1 Å². The molecule has 7 nitrogen and oxygen atoms in total. The Balaban J connectivity index is 3.35. The Hall–Kier alpha value is -3.44. The van der Waals surface area contributed by atoms with Gasteiger partial charge < -0.3 is 5.32 Å². The largest absolute Gasteiger partial charge is 0.339 e. The Bertz CT molecular complexity index is 675. The predicted molar refractivity (Wildman–Crippen MR) is 60.5 cm³/mol. The van der Waals surface area contributed by atoms with Crippen LogP contribution in [0.4, 0.5) is 15.8 Å². The normalized spacial score (nSPS) is 8.53. The average molecular weight is 257 g/mol. The van der Waals surface area contributed by atoms with Gasteiger partial charge in [-0.2, -0.15) is 15.8 Å². The first kappa shape index (κ1) is 13.6. The summed E-state index contributed by atoms with van der Waals surface area (Å²) in [5, 5.41) is 38.9. The van der Waals surface area contributed by atoms with Gasteiger partial charge in [0.1, 0.15) is 35.4 Å². The Morgan fingerprint density at radius 1 is 1.26 bits per heavy atom. The fraction of sp³-hybridized carbons (Fsp3) is 0. The van der Waals surface area contributed by atoms with Crippen LogP contribution in [0.25, 0.3) is 0 Å². The Labute approximate surface area is 106 Å². The number of hydrogen-bond donors (Lipinski definition) is 1. The molecule has 0 amide bonds. The number of anilines is 1. The minimum absolute atomic E-state index is 0.315. The molecule has 0 atom stereocenters. The summed E-state index contributed by atoms with van der Waals surface area (Å²) in [4.78, 5) is 9.94. The van der Waals surface area contributed by atoms with E-state index in [0.29, 0.717) is 0 Å². The fourth-order valence-electron chi connectivity index (χ4n) is 1.19. The van der Waals surface area contributed by atoms with Gasteiger partial charge in [-0.05, 0) is 6.07 Å². The zero-order chi connectivity index (χ0) is 14.4. The van der Waals surface area contributed by atoms with Crippen molar-refractivity contribution < 1.29 is 9.31 Å². The monoisotopic (exact) mass is 257 g/mol. The van der Waals surface area contributed by atoms with Gasteiger partial charge in [0.25, 0.3) is 5.69 Å². The number of hydrogen-bond acceptors (Lipinski definition) is 6. The van der Waals surface area contributed by atoms with E-state index in [1.807, 2.05) is 0 Å². The van der Waals surface area contributed by atoms with Gasteiger partial charge in [-0.3, -0.25) is 10.1 Å². The van der Waals surface area contributed by atoms with E-state index in [2.05, 4.69) is 5.32 Å². The van der Waals surface area contributed by atoms with Crippen LogP contribution in [-0.4, -0.2) is 4.92 Å². The second-order valence-electron chi connectivity index (χ2n) is 3.13. The number of nitrogens with one attached hydrogen (secondary N) is 1. The summed E-state index contributed by atoms with van der Waals surface area (Å²) in [6.45, 7) is 0. The smallest absolute Gasteiger partial charge is 0.292 e. The topological polar surface area (TPSA) is 127 Å². The second kappa shape index (κ2) is 5.76. The Morgan fingerprint density at radius 2 is 1.89 bits per heavy atom. The van der Waals surface area contributed by atoms with E-state index in [9.17, 15) is 14.5 Å². The molecule has 8 heteroatoms. The standard InChI is InChI=1S/C11H4FN5O2/c12-8-1-2-11(17(18)19)9(3-8)16-10(6-15)7(4-13)5-14/h1-3,16H. The van der Waals surface area contributed by atoms with Gasteiger partial charge >= 0.3 is 0 Å². The van der Waals surface area contributed by atoms with Crippen LogP contribution in [0, 0.1) is 49.9 Å². The van der Waals surface area contributed by atoms with E-state index >= 15 is 0 Å². The highest BCUT2D eigenvalue weighted by molar-refractivity contribution is 5.67. The summed E-state index contributed by atoms with van der Waals surface area (Å²) < 4.78 is 13.0. The summed E-state index contributed by atoms with van der Waals surface area (Å²) in [7, 11) is 0. The van der Waals surface area contributed by atoms with E-state index in [1.165, 1.54) is 18.2 Å². The van der Waals surface area contributed by atoms with Crippen LogP contribution in [0.2, 0.25) is 0 Å². The van der Waals surface area contributed by atoms with Crippen molar-refractivity contribution in [2.24, 2.45) is 0 Å². The molecule has 0 unspecified atom stereocenters. The summed E-state index contributed by atoms with van der Waals surface area (Å²) in [5.41, 5.74) is -1.84. The van der Waals surface area contributed by atoms with Crippen LogP contribution in [0.5, 0.6) is 0 Å². The fourth-order valence-corrected chi connectivity index (χ4v) is 1.19. The maximum Gasteiger partial charge on any atom is 0.292 e. The molecule has 0 radical (unpaired) electrons. The van der Waals surface area contributed by atoms with Crippen molar-refractivity contribution in [1.82, 2.24) is 0 Å². The van der Waals surface area contributed by atoms with Gasteiger partial charge in [0.2, 0.25) is 0 Å². The predicted octanol–water partition coefficient (Wildman–Crippen LogP) is 1.97. The Kier molecular flexibility index (Phi) is 4.13. The minimum atomic E-state index is -0.783. The number of nitro benzene ring substituents is 1. The first-order valence-electron chi connectivity index (χ1n) is 4.69. The maximum atomic E-state index is 13.0. The molecule has 0 heterocycles. The lowest BCUT2D eigenvalue weighted by atomic mass is 10.2. The van der Waals surface area contributed by atoms with Gasteiger partial charge in [-0.1, -0.05) is 0 Å². The molecule has 0 aromatic heterocycles. The first-order valence-corrected chi connectivity index (χ1v) is 4.69. The summed E-state index contributed by atoms with van der Waals surface area (Å²) in [6, 6.07) is 7.01. The molecule has 19 heavy (non-hydrogen) atoms. The number of nitro groups is 1. The Morgan fingerprint density at radius 3 is 2.37 bits per heavy atom. The molecule has 92 valence electrons. The summed E-state index contributed by atoms with van der Waals surface area (Å²) in [5.74, 6) is -0.763. The third-order valence-electron chi connectivity index (χ3n) is 2.00. The van der Waals surface area contributed by atoms with E-state index in [4.69, 9.17) is 15.8 Å². The number of nitrogens with zero attached hydrogens (tertiary/aromatic N) is 4. The minimum Gasteiger partial charge on any atom is -0.339 e. The van der Waals surface area contributed by atoms with Crippen LogP contribution in [0.15, 0.2) is 29.5 Å². The molecular formula is C11H4FN5O2. The van der Waals surface area contributed by atoms with Crippen molar-refractivity contribution >= 4 is 11.4 Å². The SMILES string of the molecule is N#CC(C#N)=C(C#N)Nc1cc(F)ccc1[N+](=O)[O-]. The van der Waals surface area contributed by atoms with E-state index in [1.54, 1.807) is 0 Å². The van der Waals surface area contributed by atoms with Crippen molar-refractivity contribution in [3.63, 3.8) is 0 Å².